The van der Waals surface area contributed by atoms with Crippen LogP contribution in [0.1, 0.15) is 42.6 Å². The van der Waals surface area contributed by atoms with E-state index in [0.717, 1.165) is 40.3 Å². The van der Waals surface area contributed by atoms with Crippen molar-refractivity contribution in [1.29, 1.82) is 0 Å². The highest BCUT2D eigenvalue weighted by Crippen LogP contribution is 2.42. The molecule has 2 N–H and O–H groups in total. The summed E-state index contributed by atoms with van der Waals surface area (Å²) in [6.45, 7) is 1.52. The highest BCUT2D eigenvalue weighted by molar-refractivity contribution is 7.99. The number of nitrogens with one attached hydrogen (secondary N) is 2. The summed E-state index contributed by atoms with van der Waals surface area (Å²) in [4.78, 5) is 27.0. The molecule has 1 aliphatic rings. The van der Waals surface area contributed by atoms with Crippen LogP contribution < -0.4 is 5.32 Å². The number of rotatable bonds is 8. The Hall–Kier alpha value is -3.39. The molecule has 5 rings (SSSR count). The van der Waals surface area contributed by atoms with Crippen LogP contribution in [0.25, 0.3) is 22.3 Å². The predicted octanol–water partition coefficient (Wildman–Crippen LogP) is 5.08. The smallest absolute Gasteiger partial charge is 0.225 e. The number of anilines is 1. The van der Waals surface area contributed by atoms with Crippen molar-refractivity contribution in [2.45, 2.75) is 37.4 Å². The average molecular weight is 446 g/mol. The maximum Gasteiger partial charge on any atom is 0.225 e. The van der Waals surface area contributed by atoms with Crippen molar-refractivity contribution in [1.82, 2.24) is 19.7 Å². The highest BCUT2D eigenvalue weighted by Gasteiger charge is 2.30. The Kier molecular flexibility index (Phi) is 5.53. The van der Waals surface area contributed by atoms with Crippen LogP contribution in [0, 0.1) is 0 Å². The summed E-state index contributed by atoms with van der Waals surface area (Å²) in [5, 5.41) is 13.8. The van der Waals surface area contributed by atoms with Crippen LogP contribution in [0.2, 0.25) is 0 Å². The van der Waals surface area contributed by atoms with E-state index in [0.29, 0.717) is 29.5 Å². The van der Waals surface area contributed by atoms with E-state index in [1.807, 2.05) is 18.3 Å². The molecule has 1 amide bonds. The lowest BCUT2D eigenvalue weighted by atomic mass is 10.1. The molecule has 1 fully saturated rings. The molecule has 4 aromatic rings. The third-order valence-corrected chi connectivity index (χ3v) is 6.49. The maximum absolute atomic E-state index is 12.4. The lowest BCUT2D eigenvalue weighted by Crippen LogP contribution is -2.12. The van der Waals surface area contributed by atoms with Gasteiger partial charge >= 0.3 is 0 Å². The monoisotopic (exact) mass is 445 g/mol. The fourth-order valence-electron chi connectivity index (χ4n) is 3.72. The van der Waals surface area contributed by atoms with Gasteiger partial charge in [0, 0.05) is 52.1 Å². The molecule has 0 unspecified atom stereocenters. The zero-order chi connectivity index (χ0) is 22.1. The van der Waals surface area contributed by atoms with Crippen LogP contribution in [0.4, 0.5) is 5.69 Å². The van der Waals surface area contributed by atoms with Gasteiger partial charge in [-0.05, 0) is 50.1 Å². The lowest BCUT2D eigenvalue weighted by molar-refractivity contribution is -0.115. The van der Waals surface area contributed by atoms with Crippen molar-refractivity contribution in [3.63, 3.8) is 0 Å². The van der Waals surface area contributed by atoms with Crippen LogP contribution in [0.15, 0.2) is 59.9 Å². The van der Waals surface area contributed by atoms with E-state index in [1.165, 1.54) is 6.92 Å². The Bertz CT molecular complexity index is 1290. The molecule has 1 saturated carbocycles. The Balaban J connectivity index is 1.25. The van der Waals surface area contributed by atoms with E-state index in [1.54, 1.807) is 36.0 Å². The normalized spacial score (nSPS) is 13.4. The summed E-state index contributed by atoms with van der Waals surface area (Å²) in [6.07, 6.45) is 4.60. The van der Waals surface area contributed by atoms with Crippen LogP contribution in [-0.2, 0) is 4.79 Å². The number of aromatic amines is 1. The molecule has 162 valence electrons. The number of fused-ring (bicyclic) bond motifs is 1. The first-order valence-electron chi connectivity index (χ1n) is 10.6. The van der Waals surface area contributed by atoms with E-state index in [-0.39, 0.29) is 11.7 Å². The van der Waals surface area contributed by atoms with E-state index in [4.69, 9.17) is 0 Å². The number of aromatic nitrogens is 4. The summed E-state index contributed by atoms with van der Waals surface area (Å²) in [7, 11) is 0. The first-order valence-corrected chi connectivity index (χ1v) is 11.6. The highest BCUT2D eigenvalue weighted by atomic mass is 32.2. The summed E-state index contributed by atoms with van der Waals surface area (Å²) < 4.78 is 2.22. The minimum Gasteiger partial charge on any atom is -0.360 e. The van der Waals surface area contributed by atoms with Gasteiger partial charge in [0.05, 0.1) is 0 Å². The number of para-hydroxylation sites is 1. The molecular weight excluding hydrogens is 422 g/mol. The number of amides is 1. The second kappa shape index (κ2) is 8.63. The molecular formula is C24H23N5O2S. The summed E-state index contributed by atoms with van der Waals surface area (Å²) in [5.41, 5.74) is 3.45. The molecule has 1 aliphatic carbocycles. The number of hydrogen-bond donors (Lipinski definition) is 2. The molecule has 32 heavy (non-hydrogen) atoms. The summed E-state index contributed by atoms with van der Waals surface area (Å²) in [5.74, 6) is 1.42. The summed E-state index contributed by atoms with van der Waals surface area (Å²) >= 11 is 1.56. The molecule has 0 radical (unpaired) electrons. The number of H-pyrrole nitrogens is 1. The number of hydrogen-bond acceptors (Lipinski definition) is 5. The number of ketones is 1. The van der Waals surface area contributed by atoms with Gasteiger partial charge in [0.1, 0.15) is 0 Å². The number of benzene rings is 2. The van der Waals surface area contributed by atoms with Crippen molar-refractivity contribution in [2.75, 3.05) is 11.1 Å². The van der Waals surface area contributed by atoms with E-state index in [9.17, 15) is 9.59 Å². The molecule has 0 bridgehead atoms. The number of carbonyl (C=O) groups excluding carboxylic acids is 2. The van der Waals surface area contributed by atoms with Gasteiger partial charge in [-0.3, -0.25) is 14.2 Å². The lowest BCUT2D eigenvalue weighted by Gasteiger charge is -2.09. The number of thioether (sulfide) groups is 1. The van der Waals surface area contributed by atoms with Gasteiger partial charge in [-0.15, -0.1) is 10.2 Å². The van der Waals surface area contributed by atoms with Crippen molar-refractivity contribution in [2.24, 2.45) is 0 Å². The quantitative estimate of drug-likeness (QED) is 0.291. The molecule has 2 aromatic carbocycles. The van der Waals surface area contributed by atoms with E-state index >= 15 is 0 Å². The van der Waals surface area contributed by atoms with Crippen molar-refractivity contribution in [3.8, 4) is 11.4 Å². The van der Waals surface area contributed by atoms with Crippen molar-refractivity contribution < 1.29 is 9.59 Å². The van der Waals surface area contributed by atoms with E-state index < -0.39 is 0 Å². The summed E-state index contributed by atoms with van der Waals surface area (Å²) in [6, 6.07) is 15.5. The van der Waals surface area contributed by atoms with Crippen molar-refractivity contribution >= 4 is 40.0 Å². The van der Waals surface area contributed by atoms with Gasteiger partial charge in [-0.25, -0.2) is 0 Å². The SMILES string of the molecule is CC(=O)c1ccc(NC(=O)CCSc2nnc(-c3c[nH]c4ccccc34)n2C2CC2)cc1. The Morgan fingerprint density at radius 2 is 1.91 bits per heavy atom. The number of nitrogens with zero attached hydrogens (tertiary/aromatic N) is 3. The molecule has 0 saturated heterocycles. The number of Topliss-reactive ketones (excluding diaryl/α,β-unsaturated/α-hetero) is 1. The predicted molar refractivity (Wildman–Crippen MR) is 126 cm³/mol. The third-order valence-electron chi connectivity index (χ3n) is 5.54. The van der Waals surface area contributed by atoms with Crippen LogP contribution >= 0.6 is 11.8 Å². The van der Waals surface area contributed by atoms with Gasteiger partial charge in [-0.2, -0.15) is 0 Å². The van der Waals surface area contributed by atoms with Crippen LogP contribution in [0.5, 0.6) is 0 Å². The van der Waals surface area contributed by atoms with Crippen LogP contribution in [-0.4, -0.2) is 37.2 Å². The second-order valence-electron chi connectivity index (χ2n) is 7.94. The van der Waals surface area contributed by atoms with Gasteiger partial charge in [0.25, 0.3) is 0 Å². The standard InChI is InChI=1S/C24H23N5O2S/c1-15(30)16-6-8-17(9-7-16)26-22(31)12-13-32-24-28-27-23(29(24)18-10-11-18)20-14-25-21-5-3-2-4-19(20)21/h2-9,14,18,25H,10-13H2,1H3,(H,26,31). The molecule has 0 aliphatic heterocycles. The fraction of sp³-hybridized carbons (Fsp3) is 0.250. The zero-order valence-electron chi connectivity index (χ0n) is 17.7. The fourth-order valence-corrected chi connectivity index (χ4v) is 4.67. The molecule has 2 heterocycles. The Morgan fingerprint density at radius 1 is 1.12 bits per heavy atom. The molecule has 0 spiro atoms. The molecule has 2 aromatic heterocycles. The van der Waals surface area contributed by atoms with Crippen LogP contribution in [0.3, 0.4) is 0 Å². The first-order chi connectivity index (χ1) is 15.6. The average Bonchev–Trinajstić information content (AvgIpc) is 3.40. The Labute approximate surface area is 189 Å². The Morgan fingerprint density at radius 3 is 2.66 bits per heavy atom. The minimum atomic E-state index is -0.0672. The number of carbonyl (C=O) groups is 2. The molecule has 7 nitrogen and oxygen atoms in total. The topological polar surface area (TPSA) is 92.7 Å². The minimum absolute atomic E-state index is 0.00561. The van der Waals surface area contributed by atoms with Gasteiger partial charge in [0.15, 0.2) is 16.8 Å². The van der Waals surface area contributed by atoms with E-state index in [2.05, 4.69) is 37.2 Å². The third kappa shape index (κ3) is 4.18. The largest absolute Gasteiger partial charge is 0.360 e. The van der Waals surface area contributed by atoms with Gasteiger partial charge in [0.2, 0.25) is 5.91 Å². The zero-order valence-corrected chi connectivity index (χ0v) is 18.5. The maximum atomic E-state index is 12.4. The second-order valence-corrected chi connectivity index (χ2v) is 9.00. The molecule has 8 heteroatoms. The van der Waals surface area contributed by atoms with Gasteiger partial charge in [-0.1, -0.05) is 30.0 Å². The van der Waals surface area contributed by atoms with Crippen molar-refractivity contribution in [3.05, 3.63) is 60.3 Å². The first kappa shape index (κ1) is 20.5. The molecule has 0 atom stereocenters. The van der Waals surface area contributed by atoms with Gasteiger partial charge < -0.3 is 10.3 Å².